The van der Waals surface area contributed by atoms with Crippen molar-refractivity contribution >= 4 is 5.78 Å². The Hall–Kier alpha value is -1.35. The summed E-state index contributed by atoms with van der Waals surface area (Å²) in [7, 11) is 0. The molecular weight excluding hydrogens is 226 g/mol. The Kier molecular flexibility index (Phi) is 4.02. The first-order valence-corrected chi connectivity index (χ1v) is 6.59. The van der Waals surface area contributed by atoms with Gasteiger partial charge >= 0.3 is 0 Å². The maximum atomic E-state index is 12.4. The van der Waals surface area contributed by atoms with Crippen LogP contribution >= 0.6 is 0 Å². The Morgan fingerprint density at radius 2 is 2.17 bits per heavy atom. The van der Waals surface area contributed by atoms with Gasteiger partial charge in [0.25, 0.3) is 0 Å². The molecule has 1 fully saturated rings. The molecule has 0 amide bonds. The van der Waals surface area contributed by atoms with Crippen LogP contribution in [0, 0.1) is 11.8 Å². The van der Waals surface area contributed by atoms with Crippen LogP contribution in [0.15, 0.2) is 24.3 Å². The summed E-state index contributed by atoms with van der Waals surface area (Å²) in [4.78, 5) is 12.4. The summed E-state index contributed by atoms with van der Waals surface area (Å²) in [6, 6.07) is 7.51. The van der Waals surface area contributed by atoms with Crippen LogP contribution in [-0.2, 0) is 0 Å². The van der Waals surface area contributed by atoms with Crippen molar-refractivity contribution in [2.45, 2.75) is 26.9 Å². The van der Waals surface area contributed by atoms with E-state index < -0.39 is 0 Å². The normalized spacial score (nSPS) is 23.3. The van der Waals surface area contributed by atoms with E-state index in [0.717, 1.165) is 24.4 Å². The zero-order valence-corrected chi connectivity index (χ0v) is 11.3. The second kappa shape index (κ2) is 5.53. The van der Waals surface area contributed by atoms with Gasteiger partial charge < -0.3 is 10.1 Å². The highest BCUT2D eigenvalue weighted by atomic mass is 16.5. The van der Waals surface area contributed by atoms with Crippen LogP contribution in [0.3, 0.4) is 0 Å². The van der Waals surface area contributed by atoms with Crippen molar-refractivity contribution in [1.29, 1.82) is 0 Å². The third-order valence-corrected chi connectivity index (χ3v) is 3.34. The van der Waals surface area contributed by atoms with Gasteiger partial charge in [-0.1, -0.05) is 19.1 Å². The molecule has 0 radical (unpaired) electrons. The minimum atomic E-state index is 0.0966. The molecule has 1 aliphatic rings. The lowest BCUT2D eigenvalue weighted by Gasteiger charge is -2.14. The number of benzene rings is 1. The lowest BCUT2D eigenvalue weighted by atomic mass is 9.90. The third kappa shape index (κ3) is 2.91. The van der Waals surface area contributed by atoms with E-state index >= 15 is 0 Å². The molecule has 0 saturated carbocycles. The van der Waals surface area contributed by atoms with E-state index in [4.69, 9.17) is 4.74 Å². The molecule has 18 heavy (non-hydrogen) atoms. The van der Waals surface area contributed by atoms with Crippen LogP contribution in [0.4, 0.5) is 0 Å². The number of ether oxygens (including phenoxy) is 1. The largest absolute Gasteiger partial charge is 0.491 e. The minimum absolute atomic E-state index is 0.0966. The fourth-order valence-corrected chi connectivity index (χ4v) is 2.37. The Labute approximate surface area is 109 Å². The average molecular weight is 247 g/mol. The van der Waals surface area contributed by atoms with E-state index in [1.54, 1.807) is 0 Å². The molecule has 0 aliphatic carbocycles. The van der Waals surface area contributed by atoms with Crippen molar-refractivity contribution in [3.63, 3.8) is 0 Å². The number of carbonyl (C=O) groups is 1. The van der Waals surface area contributed by atoms with E-state index in [9.17, 15) is 4.79 Å². The van der Waals surface area contributed by atoms with Crippen molar-refractivity contribution < 1.29 is 9.53 Å². The quantitative estimate of drug-likeness (QED) is 0.831. The summed E-state index contributed by atoms with van der Waals surface area (Å²) in [5.41, 5.74) is 0.758. The molecule has 1 aliphatic heterocycles. The van der Waals surface area contributed by atoms with Crippen molar-refractivity contribution in [3.05, 3.63) is 29.8 Å². The van der Waals surface area contributed by atoms with Gasteiger partial charge in [-0.15, -0.1) is 0 Å². The summed E-state index contributed by atoms with van der Waals surface area (Å²) < 4.78 is 5.63. The highest BCUT2D eigenvalue weighted by Gasteiger charge is 2.30. The molecule has 0 spiro atoms. The van der Waals surface area contributed by atoms with Gasteiger partial charge in [-0.05, 0) is 38.4 Å². The maximum absolute atomic E-state index is 12.4. The predicted octanol–water partition coefficient (Wildman–Crippen LogP) is 2.51. The van der Waals surface area contributed by atoms with E-state index in [0.29, 0.717) is 5.92 Å². The molecule has 0 bridgehead atoms. The summed E-state index contributed by atoms with van der Waals surface area (Å²) in [6.07, 6.45) is 0.127. The Bertz CT molecular complexity index is 428. The second-order valence-corrected chi connectivity index (χ2v) is 5.30. The molecule has 1 N–H and O–H groups in total. The van der Waals surface area contributed by atoms with Gasteiger partial charge in [0.2, 0.25) is 0 Å². The second-order valence-electron chi connectivity index (χ2n) is 5.30. The summed E-state index contributed by atoms with van der Waals surface area (Å²) >= 11 is 0. The molecule has 2 rings (SSSR count). The van der Waals surface area contributed by atoms with E-state index in [1.165, 1.54) is 0 Å². The average Bonchev–Trinajstić information content (AvgIpc) is 2.74. The van der Waals surface area contributed by atoms with E-state index in [1.807, 2.05) is 38.1 Å². The molecular formula is C15H21NO2. The van der Waals surface area contributed by atoms with Crippen LogP contribution < -0.4 is 10.1 Å². The number of nitrogens with one attached hydrogen (secondary N) is 1. The lowest BCUT2D eigenvalue weighted by Crippen LogP contribution is -2.21. The van der Waals surface area contributed by atoms with Crippen molar-refractivity contribution in [2.75, 3.05) is 13.1 Å². The van der Waals surface area contributed by atoms with Gasteiger partial charge in [-0.25, -0.2) is 0 Å². The highest BCUT2D eigenvalue weighted by molar-refractivity contribution is 5.98. The molecule has 2 unspecified atom stereocenters. The molecule has 1 saturated heterocycles. The van der Waals surface area contributed by atoms with Crippen LogP contribution in [-0.4, -0.2) is 25.0 Å². The van der Waals surface area contributed by atoms with E-state index in [-0.39, 0.29) is 17.8 Å². The minimum Gasteiger partial charge on any atom is -0.491 e. The standard InChI is InChI=1S/C15H21NO2/c1-10(2)18-13-6-4-5-12(7-13)15(17)14-9-16-8-11(14)3/h4-7,10-11,14,16H,8-9H2,1-3H3. The van der Waals surface area contributed by atoms with Crippen LogP contribution in [0.25, 0.3) is 0 Å². The Morgan fingerprint density at radius 1 is 1.39 bits per heavy atom. The molecule has 1 aromatic carbocycles. The maximum Gasteiger partial charge on any atom is 0.167 e. The molecule has 1 aromatic rings. The number of carbonyl (C=O) groups excluding carboxylic acids is 1. The SMILES string of the molecule is CC(C)Oc1cccc(C(=O)C2CNCC2C)c1. The monoisotopic (exact) mass is 247 g/mol. The molecule has 2 atom stereocenters. The Morgan fingerprint density at radius 3 is 2.78 bits per heavy atom. The topological polar surface area (TPSA) is 38.3 Å². The summed E-state index contributed by atoms with van der Waals surface area (Å²) in [5, 5.41) is 3.27. The highest BCUT2D eigenvalue weighted by Crippen LogP contribution is 2.23. The third-order valence-electron chi connectivity index (χ3n) is 3.34. The zero-order valence-electron chi connectivity index (χ0n) is 11.3. The van der Waals surface area contributed by atoms with Gasteiger partial charge in [-0.2, -0.15) is 0 Å². The van der Waals surface area contributed by atoms with Gasteiger partial charge in [-0.3, -0.25) is 4.79 Å². The van der Waals surface area contributed by atoms with Crippen molar-refractivity contribution in [3.8, 4) is 5.75 Å². The van der Waals surface area contributed by atoms with Gasteiger partial charge in [0, 0.05) is 18.0 Å². The van der Waals surface area contributed by atoms with Crippen molar-refractivity contribution in [2.24, 2.45) is 11.8 Å². The summed E-state index contributed by atoms with van der Waals surface area (Å²) in [6.45, 7) is 7.81. The van der Waals surface area contributed by atoms with E-state index in [2.05, 4.69) is 12.2 Å². The number of hydrogen-bond donors (Lipinski definition) is 1. The number of rotatable bonds is 4. The number of ketones is 1. The van der Waals surface area contributed by atoms with Crippen LogP contribution in [0.5, 0.6) is 5.75 Å². The fourth-order valence-electron chi connectivity index (χ4n) is 2.37. The van der Waals surface area contributed by atoms with Crippen LogP contribution in [0.1, 0.15) is 31.1 Å². The fraction of sp³-hybridized carbons (Fsp3) is 0.533. The first kappa shape index (κ1) is 13.1. The molecule has 1 heterocycles. The smallest absolute Gasteiger partial charge is 0.167 e. The molecule has 3 heteroatoms. The van der Waals surface area contributed by atoms with Crippen LogP contribution in [0.2, 0.25) is 0 Å². The zero-order chi connectivity index (χ0) is 13.1. The van der Waals surface area contributed by atoms with Gasteiger partial charge in [0.05, 0.1) is 6.10 Å². The molecule has 98 valence electrons. The molecule has 3 nitrogen and oxygen atoms in total. The first-order valence-electron chi connectivity index (χ1n) is 6.59. The lowest BCUT2D eigenvalue weighted by molar-refractivity contribution is 0.0907. The molecule has 0 aromatic heterocycles. The number of hydrogen-bond acceptors (Lipinski definition) is 3. The predicted molar refractivity (Wildman–Crippen MR) is 72.1 cm³/mol. The first-order chi connectivity index (χ1) is 8.58. The summed E-state index contributed by atoms with van der Waals surface area (Å²) in [5.74, 6) is 1.50. The van der Waals surface area contributed by atoms with Gasteiger partial charge in [0.15, 0.2) is 5.78 Å². The Balaban J connectivity index is 2.15. The number of Topliss-reactive ketones (excluding diaryl/α,β-unsaturated/α-hetero) is 1. The van der Waals surface area contributed by atoms with Crippen molar-refractivity contribution in [1.82, 2.24) is 5.32 Å². The van der Waals surface area contributed by atoms with Gasteiger partial charge in [0.1, 0.15) is 5.75 Å².